The van der Waals surface area contributed by atoms with Crippen LogP contribution in [0.4, 0.5) is 0 Å². The van der Waals surface area contributed by atoms with Gasteiger partial charge >= 0.3 is 5.97 Å². The van der Waals surface area contributed by atoms with E-state index >= 15 is 0 Å². The topological polar surface area (TPSA) is 52.6 Å². The lowest BCUT2D eigenvalue weighted by Gasteiger charge is -2.12. The fourth-order valence-electron chi connectivity index (χ4n) is 1.83. The van der Waals surface area contributed by atoms with Crippen LogP contribution in [0.5, 0.6) is 11.5 Å². The molecule has 0 aliphatic heterocycles. The molecular formula is C16H13IO4. The van der Waals surface area contributed by atoms with Crippen LogP contribution in [0.3, 0.4) is 0 Å². The molecule has 2 aromatic rings. The Labute approximate surface area is 136 Å². The number of aldehydes is 1. The molecule has 5 heteroatoms. The van der Waals surface area contributed by atoms with Crippen molar-refractivity contribution in [2.75, 3.05) is 7.11 Å². The molecule has 0 N–H and O–H groups in total. The molecule has 0 fully saturated rings. The first kappa shape index (κ1) is 15.5. The highest BCUT2D eigenvalue weighted by atomic mass is 127. The fraction of sp³-hybridized carbons (Fsp3) is 0.125. The molecule has 0 unspecified atom stereocenters. The zero-order valence-corrected chi connectivity index (χ0v) is 13.7. The molecule has 0 saturated heterocycles. The van der Waals surface area contributed by atoms with E-state index in [9.17, 15) is 9.59 Å². The van der Waals surface area contributed by atoms with Gasteiger partial charge in [-0.05, 0) is 53.8 Å². The van der Waals surface area contributed by atoms with Crippen LogP contribution in [0, 0.1) is 10.5 Å². The molecule has 4 nitrogen and oxygen atoms in total. The minimum absolute atomic E-state index is 0.315. The standard InChI is InChI=1S/C16H13IO4/c1-10-4-3-5-12(6-10)16(19)21-15-13(17)7-11(9-18)8-14(15)20-2/h3-9H,1-2H3. The van der Waals surface area contributed by atoms with Crippen molar-refractivity contribution in [2.45, 2.75) is 6.92 Å². The number of rotatable bonds is 4. The monoisotopic (exact) mass is 396 g/mol. The van der Waals surface area contributed by atoms with Gasteiger partial charge in [-0.2, -0.15) is 0 Å². The average molecular weight is 396 g/mol. The second kappa shape index (κ2) is 6.71. The number of hydrogen-bond donors (Lipinski definition) is 0. The highest BCUT2D eigenvalue weighted by Crippen LogP contribution is 2.34. The Bertz CT molecular complexity index is 695. The molecule has 0 atom stereocenters. The lowest BCUT2D eigenvalue weighted by molar-refractivity contribution is 0.0728. The third-order valence-electron chi connectivity index (χ3n) is 2.84. The van der Waals surface area contributed by atoms with Crippen molar-refractivity contribution >= 4 is 34.8 Å². The van der Waals surface area contributed by atoms with Crippen molar-refractivity contribution in [1.29, 1.82) is 0 Å². The van der Waals surface area contributed by atoms with Gasteiger partial charge in [-0.25, -0.2) is 4.79 Å². The van der Waals surface area contributed by atoms with Crippen LogP contribution in [-0.2, 0) is 0 Å². The summed E-state index contributed by atoms with van der Waals surface area (Å²) in [6, 6.07) is 10.3. The summed E-state index contributed by atoms with van der Waals surface area (Å²) in [6.07, 6.45) is 0.719. The lowest BCUT2D eigenvalue weighted by Crippen LogP contribution is -2.10. The minimum Gasteiger partial charge on any atom is -0.493 e. The van der Waals surface area contributed by atoms with E-state index in [1.54, 1.807) is 24.3 Å². The average Bonchev–Trinajstić information content (AvgIpc) is 2.48. The van der Waals surface area contributed by atoms with Crippen molar-refractivity contribution < 1.29 is 19.1 Å². The fourth-order valence-corrected chi connectivity index (χ4v) is 2.57. The maximum Gasteiger partial charge on any atom is 0.343 e. The minimum atomic E-state index is -0.464. The molecule has 0 bridgehead atoms. The molecule has 0 aliphatic carbocycles. The van der Waals surface area contributed by atoms with Crippen LogP contribution in [0.25, 0.3) is 0 Å². The zero-order chi connectivity index (χ0) is 15.4. The third-order valence-corrected chi connectivity index (χ3v) is 3.64. The van der Waals surface area contributed by atoms with Gasteiger partial charge in [-0.15, -0.1) is 0 Å². The van der Waals surface area contributed by atoms with E-state index in [0.717, 1.165) is 11.8 Å². The van der Waals surface area contributed by atoms with Gasteiger partial charge in [-0.1, -0.05) is 17.7 Å². The number of methoxy groups -OCH3 is 1. The number of benzene rings is 2. The van der Waals surface area contributed by atoms with E-state index in [2.05, 4.69) is 0 Å². The van der Waals surface area contributed by atoms with Crippen molar-refractivity contribution in [1.82, 2.24) is 0 Å². The number of halogens is 1. The predicted octanol–water partition coefficient (Wildman–Crippen LogP) is 3.64. The van der Waals surface area contributed by atoms with Crippen LogP contribution < -0.4 is 9.47 Å². The van der Waals surface area contributed by atoms with Gasteiger partial charge in [0.25, 0.3) is 0 Å². The largest absolute Gasteiger partial charge is 0.493 e. The quantitative estimate of drug-likeness (QED) is 0.343. The number of esters is 1. The summed E-state index contributed by atoms with van der Waals surface area (Å²) >= 11 is 2.00. The number of aryl methyl sites for hydroxylation is 1. The second-order valence-electron chi connectivity index (χ2n) is 4.41. The Hall–Kier alpha value is -1.89. The van der Waals surface area contributed by atoms with Crippen molar-refractivity contribution in [2.24, 2.45) is 0 Å². The van der Waals surface area contributed by atoms with Gasteiger partial charge in [0, 0.05) is 5.56 Å². The zero-order valence-electron chi connectivity index (χ0n) is 11.6. The van der Waals surface area contributed by atoms with E-state index in [1.807, 2.05) is 35.6 Å². The number of ether oxygens (including phenoxy) is 2. The Balaban J connectivity index is 2.35. The lowest BCUT2D eigenvalue weighted by atomic mass is 10.1. The van der Waals surface area contributed by atoms with E-state index in [1.165, 1.54) is 13.2 Å². The summed E-state index contributed by atoms with van der Waals surface area (Å²) in [5.41, 5.74) is 1.90. The smallest absolute Gasteiger partial charge is 0.343 e. The Kier molecular flexibility index (Phi) is 4.95. The van der Waals surface area contributed by atoms with Crippen molar-refractivity contribution in [3.8, 4) is 11.5 Å². The van der Waals surface area contributed by atoms with E-state index < -0.39 is 5.97 Å². The maximum absolute atomic E-state index is 12.2. The third kappa shape index (κ3) is 3.60. The molecule has 0 saturated carbocycles. The SMILES string of the molecule is COc1cc(C=O)cc(I)c1OC(=O)c1cccc(C)c1. The first-order valence-electron chi connectivity index (χ1n) is 6.16. The highest BCUT2D eigenvalue weighted by Gasteiger charge is 2.16. The summed E-state index contributed by atoms with van der Waals surface area (Å²) in [6.45, 7) is 1.90. The number of carbonyl (C=O) groups is 2. The molecule has 0 amide bonds. The Morgan fingerprint density at radius 1 is 1.24 bits per heavy atom. The molecule has 0 spiro atoms. The summed E-state index contributed by atoms with van der Waals surface area (Å²) in [5, 5.41) is 0. The Morgan fingerprint density at radius 2 is 2.00 bits per heavy atom. The van der Waals surface area contributed by atoms with Crippen LogP contribution in [0.15, 0.2) is 36.4 Å². The Morgan fingerprint density at radius 3 is 2.62 bits per heavy atom. The molecule has 0 aromatic heterocycles. The first-order valence-corrected chi connectivity index (χ1v) is 7.24. The van der Waals surface area contributed by atoms with Gasteiger partial charge in [0.05, 0.1) is 16.2 Å². The molecule has 2 aromatic carbocycles. The summed E-state index contributed by atoms with van der Waals surface area (Å²) in [5.74, 6) is 0.203. The van der Waals surface area contributed by atoms with E-state index in [0.29, 0.717) is 26.2 Å². The molecule has 2 rings (SSSR count). The predicted molar refractivity (Wildman–Crippen MR) is 87.2 cm³/mol. The van der Waals surface area contributed by atoms with Crippen LogP contribution >= 0.6 is 22.6 Å². The summed E-state index contributed by atoms with van der Waals surface area (Å²) in [7, 11) is 1.46. The van der Waals surface area contributed by atoms with Gasteiger partial charge in [0.15, 0.2) is 11.5 Å². The van der Waals surface area contributed by atoms with Gasteiger partial charge in [0.1, 0.15) is 6.29 Å². The molecule has 0 heterocycles. The van der Waals surface area contributed by atoms with Crippen LogP contribution in [-0.4, -0.2) is 19.4 Å². The number of carbonyl (C=O) groups excluding carboxylic acids is 2. The van der Waals surface area contributed by atoms with Gasteiger partial charge in [-0.3, -0.25) is 4.79 Å². The van der Waals surface area contributed by atoms with E-state index in [-0.39, 0.29) is 0 Å². The number of hydrogen-bond acceptors (Lipinski definition) is 4. The molecular weight excluding hydrogens is 383 g/mol. The molecule has 0 radical (unpaired) electrons. The normalized spacial score (nSPS) is 10.0. The van der Waals surface area contributed by atoms with Crippen molar-refractivity contribution in [3.63, 3.8) is 0 Å². The first-order chi connectivity index (χ1) is 10.0. The maximum atomic E-state index is 12.2. The van der Waals surface area contributed by atoms with Crippen LogP contribution in [0.2, 0.25) is 0 Å². The van der Waals surface area contributed by atoms with Crippen LogP contribution in [0.1, 0.15) is 26.3 Å². The molecule has 108 valence electrons. The summed E-state index contributed by atoms with van der Waals surface area (Å²) < 4.78 is 11.2. The van der Waals surface area contributed by atoms with E-state index in [4.69, 9.17) is 9.47 Å². The highest BCUT2D eigenvalue weighted by molar-refractivity contribution is 14.1. The molecule has 21 heavy (non-hydrogen) atoms. The summed E-state index contributed by atoms with van der Waals surface area (Å²) in [4.78, 5) is 23.0. The van der Waals surface area contributed by atoms with Gasteiger partial charge in [0.2, 0.25) is 0 Å². The second-order valence-corrected chi connectivity index (χ2v) is 5.57. The molecule has 0 aliphatic rings. The van der Waals surface area contributed by atoms with Gasteiger partial charge < -0.3 is 9.47 Å². The van der Waals surface area contributed by atoms with Crippen molar-refractivity contribution in [3.05, 3.63) is 56.7 Å².